The average Bonchev–Trinajstić information content (AvgIpc) is 2.97. The topological polar surface area (TPSA) is 12.0 Å². The summed E-state index contributed by atoms with van der Waals surface area (Å²) in [4.78, 5) is 0. The van der Waals surface area contributed by atoms with Gasteiger partial charge in [0.15, 0.2) is 0 Å². The van der Waals surface area contributed by atoms with E-state index in [0.717, 1.165) is 0 Å². The zero-order chi connectivity index (χ0) is 11.8. The lowest BCUT2D eigenvalue weighted by Crippen LogP contribution is -2.44. The summed E-state index contributed by atoms with van der Waals surface area (Å²) in [6, 6.07) is 5.44. The number of benzene rings is 1. The largest absolute Gasteiger partial charge is 0.406 e. The molecule has 0 bridgehead atoms. The van der Waals surface area contributed by atoms with Crippen molar-refractivity contribution >= 4 is 0 Å². The molecule has 1 aromatic carbocycles. The Morgan fingerprint density at radius 1 is 1.12 bits per heavy atom. The van der Waals surface area contributed by atoms with Gasteiger partial charge in [-0.05, 0) is 30.5 Å². The summed E-state index contributed by atoms with van der Waals surface area (Å²) < 4.78 is 50.2. The molecule has 1 aliphatic carbocycles. The van der Waals surface area contributed by atoms with Crippen LogP contribution in [0.3, 0.4) is 0 Å². The zero-order valence-electron chi connectivity index (χ0n) is 8.44. The molecular formula is C11H11F4N. The van der Waals surface area contributed by atoms with Gasteiger partial charge in [-0.15, -0.1) is 0 Å². The Bertz CT molecular complexity index is 365. The molecular weight excluding hydrogens is 222 g/mol. The summed E-state index contributed by atoms with van der Waals surface area (Å²) in [6.45, 7) is 0.111. The Balaban J connectivity index is 1.96. The molecule has 1 nitrogen and oxygen atoms in total. The standard InChI is InChI=1S/C11H11F4N/c12-9-3-1-8(2-4-9)7-16-10(5-6-10)11(13,14)15/h1-4,16H,5-7H2. The highest BCUT2D eigenvalue weighted by Crippen LogP contribution is 2.49. The van der Waals surface area contributed by atoms with Crippen molar-refractivity contribution in [3.05, 3.63) is 35.6 Å². The zero-order valence-corrected chi connectivity index (χ0v) is 8.44. The van der Waals surface area contributed by atoms with Crippen LogP contribution < -0.4 is 5.32 Å². The number of hydrogen-bond acceptors (Lipinski definition) is 1. The van der Waals surface area contributed by atoms with Crippen molar-refractivity contribution in [1.82, 2.24) is 5.32 Å². The molecule has 1 saturated carbocycles. The molecule has 2 rings (SSSR count). The van der Waals surface area contributed by atoms with E-state index >= 15 is 0 Å². The molecule has 1 N–H and O–H groups in total. The average molecular weight is 233 g/mol. The van der Waals surface area contributed by atoms with Gasteiger partial charge in [0.25, 0.3) is 0 Å². The molecule has 16 heavy (non-hydrogen) atoms. The van der Waals surface area contributed by atoms with Crippen molar-refractivity contribution in [3.8, 4) is 0 Å². The number of halogens is 4. The molecule has 5 heteroatoms. The van der Waals surface area contributed by atoms with Gasteiger partial charge in [0, 0.05) is 6.54 Å². The van der Waals surface area contributed by atoms with Crippen LogP contribution in [-0.4, -0.2) is 11.7 Å². The van der Waals surface area contributed by atoms with Gasteiger partial charge in [0.1, 0.15) is 11.4 Å². The van der Waals surface area contributed by atoms with Crippen LogP contribution in [0.4, 0.5) is 17.6 Å². The highest BCUT2D eigenvalue weighted by Gasteiger charge is 2.62. The molecule has 0 amide bonds. The van der Waals surface area contributed by atoms with Crippen LogP contribution in [-0.2, 0) is 6.54 Å². The van der Waals surface area contributed by atoms with Crippen molar-refractivity contribution in [2.45, 2.75) is 31.1 Å². The van der Waals surface area contributed by atoms with Gasteiger partial charge in [-0.25, -0.2) is 4.39 Å². The van der Waals surface area contributed by atoms with E-state index in [-0.39, 0.29) is 25.2 Å². The van der Waals surface area contributed by atoms with Crippen molar-refractivity contribution in [1.29, 1.82) is 0 Å². The highest BCUT2D eigenvalue weighted by molar-refractivity contribution is 5.17. The Morgan fingerprint density at radius 3 is 2.12 bits per heavy atom. The van der Waals surface area contributed by atoms with E-state index in [2.05, 4.69) is 5.32 Å². The molecule has 0 aliphatic heterocycles. The lowest BCUT2D eigenvalue weighted by molar-refractivity contribution is -0.166. The third-order valence-electron chi connectivity index (χ3n) is 2.84. The third-order valence-corrected chi connectivity index (χ3v) is 2.84. The predicted octanol–water partition coefficient (Wildman–Crippen LogP) is 3.01. The minimum absolute atomic E-state index is 0.111. The van der Waals surface area contributed by atoms with Crippen LogP contribution in [0.1, 0.15) is 18.4 Å². The second kappa shape index (κ2) is 3.73. The first kappa shape index (κ1) is 11.4. The number of hydrogen-bond donors (Lipinski definition) is 1. The first-order chi connectivity index (χ1) is 7.43. The molecule has 0 unspecified atom stereocenters. The number of alkyl halides is 3. The minimum atomic E-state index is -4.20. The molecule has 0 saturated heterocycles. The van der Waals surface area contributed by atoms with Gasteiger partial charge < -0.3 is 0 Å². The molecule has 1 fully saturated rings. The molecule has 1 aliphatic rings. The van der Waals surface area contributed by atoms with Gasteiger partial charge in [0.2, 0.25) is 0 Å². The van der Waals surface area contributed by atoms with Crippen LogP contribution in [0.5, 0.6) is 0 Å². The maximum Gasteiger partial charge on any atom is 0.406 e. The van der Waals surface area contributed by atoms with Gasteiger partial charge in [-0.3, -0.25) is 5.32 Å². The van der Waals surface area contributed by atoms with Crippen molar-refractivity contribution < 1.29 is 17.6 Å². The van der Waals surface area contributed by atoms with E-state index in [1.54, 1.807) is 0 Å². The third kappa shape index (κ3) is 2.19. The van der Waals surface area contributed by atoms with Crippen LogP contribution in [0, 0.1) is 5.82 Å². The monoisotopic (exact) mass is 233 g/mol. The Labute approximate surface area is 90.5 Å². The quantitative estimate of drug-likeness (QED) is 0.791. The van der Waals surface area contributed by atoms with Crippen molar-refractivity contribution in [2.75, 3.05) is 0 Å². The second-order valence-corrected chi connectivity index (χ2v) is 4.06. The van der Waals surface area contributed by atoms with Gasteiger partial charge in [-0.2, -0.15) is 13.2 Å². The molecule has 0 heterocycles. The summed E-state index contributed by atoms with van der Waals surface area (Å²) in [6.07, 6.45) is -3.96. The second-order valence-electron chi connectivity index (χ2n) is 4.06. The smallest absolute Gasteiger partial charge is 0.299 e. The van der Waals surface area contributed by atoms with E-state index in [1.165, 1.54) is 24.3 Å². The molecule has 0 radical (unpaired) electrons. The van der Waals surface area contributed by atoms with E-state index in [9.17, 15) is 17.6 Å². The normalized spacial score (nSPS) is 18.5. The predicted molar refractivity (Wildman–Crippen MR) is 51.3 cm³/mol. The lowest BCUT2D eigenvalue weighted by atomic mass is 10.2. The highest BCUT2D eigenvalue weighted by atomic mass is 19.4. The minimum Gasteiger partial charge on any atom is -0.299 e. The Kier molecular flexibility index (Phi) is 2.66. The summed E-state index contributed by atoms with van der Waals surface area (Å²) in [5, 5.41) is 2.50. The van der Waals surface area contributed by atoms with E-state index < -0.39 is 11.7 Å². The molecule has 1 aromatic rings. The van der Waals surface area contributed by atoms with Crippen LogP contribution in [0.15, 0.2) is 24.3 Å². The SMILES string of the molecule is Fc1ccc(CNC2(C(F)(F)F)CC2)cc1. The number of rotatable bonds is 3. The van der Waals surface area contributed by atoms with Crippen molar-refractivity contribution in [2.24, 2.45) is 0 Å². The fraction of sp³-hybridized carbons (Fsp3) is 0.455. The lowest BCUT2D eigenvalue weighted by Gasteiger charge is -2.20. The Hall–Kier alpha value is -1.10. The van der Waals surface area contributed by atoms with Crippen LogP contribution in [0.25, 0.3) is 0 Å². The summed E-state index contributed by atoms with van der Waals surface area (Å²) in [5.41, 5.74) is -1.06. The molecule has 88 valence electrons. The fourth-order valence-electron chi connectivity index (χ4n) is 1.56. The van der Waals surface area contributed by atoms with Crippen LogP contribution >= 0.6 is 0 Å². The Morgan fingerprint density at radius 2 is 1.69 bits per heavy atom. The fourth-order valence-corrected chi connectivity index (χ4v) is 1.56. The first-order valence-electron chi connectivity index (χ1n) is 4.99. The molecule has 0 atom stereocenters. The first-order valence-corrected chi connectivity index (χ1v) is 4.99. The van der Waals surface area contributed by atoms with E-state index in [0.29, 0.717) is 5.56 Å². The molecule has 0 aromatic heterocycles. The van der Waals surface area contributed by atoms with Gasteiger partial charge >= 0.3 is 6.18 Å². The van der Waals surface area contributed by atoms with E-state index in [4.69, 9.17) is 0 Å². The summed E-state index contributed by atoms with van der Waals surface area (Å²) >= 11 is 0. The van der Waals surface area contributed by atoms with Gasteiger partial charge in [0.05, 0.1) is 0 Å². The van der Waals surface area contributed by atoms with Crippen molar-refractivity contribution in [3.63, 3.8) is 0 Å². The van der Waals surface area contributed by atoms with Crippen LogP contribution in [0.2, 0.25) is 0 Å². The van der Waals surface area contributed by atoms with Gasteiger partial charge in [-0.1, -0.05) is 12.1 Å². The summed E-state index contributed by atoms with van der Waals surface area (Å²) in [5.74, 6) is -0.388. The summed E-state index contributed by atoms with van der Waals surface area (Å²) in [7, 11) is 0. The van der Waals surface area contributed by atoms with E-state index in [1.807, 2.05) is 0 Å². The number of nitrogens with one attached hydrogen (secondary N) is 1. The maximum atomic E-state index is 12.6. The molecule has 0 spiro atoms. The maximum absolute atomic E-state index is 12.6.